The number of oxazole rings is 1. The predicted octanol–water partition coefficient (Wildman–Crippen LogP) is 2.32. The predicted molar refractivity (Wildman–Crippen MR) is 130 cm³/mol. The Morgan fingerprint density at radius 3 is 2.67 bits per heavy atom. The summed E-state index contributed by atoms with van der Waals surface area (Å²) >= 11 is 2.80. The first kappa shape index (κ1) is 21.5. The standard InChI is InChI=1S/C24H21N3O4S2/c1-13-9-16-17(10-14(13)2)31-19(25(16)3)11-20-27(12-21(28)29)23(30)22(33-20)24-26(4)15-7-5-6-8-18(15)32-24/h5-11H,12H2,1-4H3/p+1/b24-22+. The van der Waals surface area contributed by atoms with E-state index in [1.807, 2.05) is 67.7 Å². The summed E-state index contributed by atoms with van der Waals surface area (Å²) in [6, 6.07) is 12.0. The molecule has 1 N–H and O–H groups in total. The Hall–Kier alpha value is -3.30. The number of aliphatic carboxylic acids is 1. The highest BCUT2D eigenvalue weighted by molar-refractivity contribution is 8.08. The Bertz CT molecular complexity index is 1630. The molecule has 7 nitrogen and oxygen atoms in total. The van der Waals surface area contributed by atoms with E-state index < -0.39 is 12.5 Å². The van der Waals surface area contributed by atoms with Crippen LogP contribution in [-0.2, 0) is 18.4 Å². The minimum Gasteiger partial charge on any atom is -0.480 e. The lowest BCUT2D eigenvalue weighted by molar-refractivity contribution is -0.652. The monoisotopic (exact) mass is 480 g/mol. The molecule has 0 spiro atoms. The van der Waals surface area contributed by atoms with Crippen LogP contribution in [0.2, 0.25) is 0 Å². The van der Waals surface area contributed by atoms with Crippen LogP contribution in [0.15, 0.2) is 50.5 Å². The molecule has 0 fully saturated rings. The largest absolute Gasteiger partial charge is 0.480 e. The van der Waals surface area contributed by atoms with Gasteiger partial charge in [0, 0.05) is 18.0 Å². The fraction of sp³-hybridized carbons (Fsp3) is 0.208. The van der Waals surface area contributed by atoms with Gasteiger partial charge < -0.3 is 14.4 Å². The maximum absolute atomic E-state index is 13.3. The Morgan fingerprint density at radius 2 is 1.94 bits per heavy atom. The Morgan fingerprint density at radius 1 is 1.21 bits per heavy atom. The van der Waals surface area contributed by atoms with Crippen LogP contribution in [0.4, 0.5) is 5.69 Å². The van der Waals surface area contributed by atoms with Gasteiger partial charge in [0.1, 0.15) is 27.8 Å². The Balaban J connectivity index is 1.75. The number of fused-ring (bicyclic) bond motifs is 2. The van der Waals surface area contributed by atoms with Crippen molar-refractivity contribution in [2.45, 2.75) is 25.3 Å². The van der Waals surface area contributed by atoms with Crippen molar-refractivity contribution in [2.75, 3.05) is 11.9 Å². The number of rotatable bonds is 3. The SMILES string of the molecule is Cc1cc2oc(C=c3s/c(=C4/Sc5ccccc5N4C)c(=O)n3CC(=O)O)[n+](C)c2cc1C. The molecular formula is C24H22N3O4S2+. The number of carboxylic acid groups (broad SMARTS) is 1. The lowest BCUT2D eigenvalue weighted by Gasteiger charge is -2.11. The fourth-order valence-electron chi connectivity index (χ4n) is 3.90. The number of carbonyl (C=O) groups is 1. The van der Waals surface area contributed by atoms with Crippen molar-refractivity contribution in [3.63, 3.8) is 0 Å². The van der Waals surface area contributed by atoms with Gasteiger partial charge in [-0.25, -0.2) is 0 Å². The third-order valence-corrected chi connectivity index (χ3v) is 8.35. The van der Waals surface area contributed by atoms with Crippen LogP contribution >= 0.6 is 23.1 Å². The molecule has 0 unspecified atom stereocenters. The molecule has 0 bridgehead atoms. The molecule has 2 aromatic carbocycles. The molecule has 0 saturated carbocycles. The average molecular weight is 481 g/mol. The van der Waals surface area contributed by atoms with Crippen LogP contribution in [0.25, 0.3) is 22.2 Å². The summed E-state index contributed by atoms with van der Waals surface area (Å²) in [5.41, 5.74) is 4.66. The van der Waals surface area contributed by atoms with Crippen molar-refractivity contribution in [2.24, 2.45) is 7.05 Å². The third kappa shape index (κ3) is 3.57. The van der Waals surface area contributed by atoms with Gasteiger partial charge in [0.15, 0.2) is 0 Å². The normalized spacial score (nSPS) is 15.5. The van der Waals surface area contributed by atoms with E-state index in [0.717, 1.165) is 37.8 Å². The highest BCUT2D eigenvalue weighted by Gasteiger charge is 2.25. The number of benzene rings is 2. The third-order valence-electron chi connectivity index (χ3n) is 5.87. The molecule has 33 heavy (non-hydrogen) atoms. The summed E-state index contributed by atoms with van der Waals surface area (Å²) in [5, 5.41) is 10.3. The summed E-state index contributed by atoms with van der Waals surface area (Å²) in [6.07, 6.45) is 1.75. The van der Waals surface area contributed by atoms with E-state index in [4.69, 9.17) is 4.42 Å². The summed E-state index contributed by atoms with van der Waals surface area (Å²) in [6.45, 7) is 3.66. The van der Waals surface area contributed by atoms with Gasteiger partial charge in [-0.05, 0) is 43.2 Å². The van der Waals surface area contributed by atoms with E-state index in [0.29, 0.717) is 15.1 Å². The molecule has 0 aliphatic carbocycles. The molecule has 0 radical (unpaired) electrons. The zero-order valence-corrected chi connectivity index (χ0v) is 20.2. The molecule has 0 amide bonds. The summed E-state index contributed by atoms with van der Waals surface area (Å²) in [4.78, 5) is 27.9. The first-order valence-corrected chi connectivity index (χ1v) is 12.0. The van der Waals surface area contributed by atoms with Crippen molar-refractivity contribution in [1.82, 2.24) is 4.57 Å². The second-order valence-corrected chi connectivity index (χ2v) is 10.1. The van der Waals surface area contributed by atoms with Crippen LogP contribution in [0.1, 0.15) is 17.0 Å². The van der Waals surface area contributed by atoms with Crippen LogP contribution in [-0.4, -0.2) is 22.7 Å². The van der Waals surface area contributed by atoms with Crippen molar-refractivity contribution in [1.29, 1.82) is 0 Å². The maximum atomic E-state index is 13.3. The van der Waals surface area contributed by atoms with Crippen LogP contribution in [0.3, 0.4) is 0 Å². The van der Waals surface area contributed by atoms with Crippen molar-refractivity contribution < 1.29 is 18.9 Å². The van der Waals surface area contributed by atoms with Gasteiger partial charge in [0.25, 0.3) is 11.1 Å². The number of thiazole rings is 1. The van der Waals surface area contributed by atoms with E-state index in [1.165, 1.54) is 27.7 Å². The quantitative estimate of drug-likeness (QED) is 0.454. The molecule has 1 aliphatic heterocycles. The van der Waals surface area contributed by atoms with Gasteiger partial charge in [0.05, 0.1) is 11.8 Å². The Labute approximate surface area is 197 Å². The number of aromatic nitrogens is 2. The van der Waals surface area contributed by atoms with Gasteiger partial charge >= 0.3 is 11.9 Å². The number of hydrogen-bond acceptors (Lipinski definition) is 6. The second-order valence-electron chi connectivity index (χ2n) is 8.04. The number of thioether (sulfide) groups is 1. The van der Waals surface area contributed by atoms with Gasteiger partial charge in [-0.15, -0.1) is 11.3 Å². The highest BCUT2D eigenvalue weighted by Crippen LogP contribution is 2.44. The molecule has 0 saturated heterocycles. The molecule has 4 aromatic rings. The topological polar surface area (TPSA) is 79.6 Å². The first-order chi connectivity index (χ1) is 15.7. The summed E-state index contributed by atoms with van der Waals surface area (Å²) in [5.74, 6) is -0.528. The number of anilines is 1. The number of nitrogens with zero attached hydrogens (tertiary/aromatic N) is 3. The molecule has 3 heterocycles. The zero-order chi connectivity index (χ0) is 23.4. The molecule has 168 valence electrons. The minimum absolute atomic E-state index is 0.318. The van der Waals surface area contributed by atoms with Crippen molar-refractivity contribution in [3.8, 4) is 0 Å². The maximum Gasteiger partial charge on any atom is 0.376 e. The molecule has 9 heteroatoms. The summed E-state index contributed by atoms with van der Waals surface area (Å²) in [7, 11) is 3.81. The van der Waals surface area contributed by atoms with E-state index >= 15 is 0 Å². The second kappa shape index (κ2) is 7.93. The lowest BCUT2D eigenvalue weighted by Crippen LogP contribution is -2.36. The van der Waals surface area contributed by atoms with Crippen LogP contribution in [0.5, 0.6) is 0 Å². The van der Waals surface area contributed by atoms with Crippen LogP contribution in [0, 0.1) is 13.8 Å². The summed E-state index contributed by atoms with van der Waals surface area (Å²) < 4.78 is 10.3. The van der Waals surface area contributed by atoms with Gasteiger partial charge in [-0.3, -0.25) is 14.2 Å². The van der Waals surface area contributed by atoms with Crippen molar-refractivity contribution in [3.05, 3.63) is 73.0 Å². The number of hydrogen-bond donors (Lipinski definition) is 1. The average Bonchev–Trinajstić information content (AvgIpc) is 3.36. The molecular weight excluding hydrogens is 458 g/mol. The van der Waals surface area contributed by atoms with E-state index in [-0.39, 0.29) is 5.56 Å². The van der Waals surface area contributed by atoms with Gasteiger partial charge in [-0.1, -0.05) is 23.9 Å². The van der Waals surface area contributed by atoms with E-state index in [2.05, 4.69) is 6.07 Å². The zero-order valence-electron chi connectivity index (χ0n) is 18.6. The van der Waals surface area contributed by atoms with E-state index in [9.17, 15) is 14.7 Å². The lowest BCUT2D eigenvalue weighted by atomic mass is 10.1. The molecule has 0 atom stereocenters. The number of aryl methyl sites for hydroxylation is 3. The minimum atomic E-state index is -1.07. The van der Waals surface area contributed by atoms with Gasteiger partial charge in [0.2, 0.25) is 5.58 Å². The first-order valence-electron chi connectivity index (χ1n) is 10.3. The van der Waals surface area contributed by atoms with Crippen LogP contribution < -0.4 is 24.2 Å². The molecule has 2 aromatic heterocycles. The molecule has 1 aliphatic rings. The van der Waals surface area contributed by atoms with E-state index in [1.54, 1.807) is 6.08 Å². The van der Waals surface area contributed by atoms with Crippen molar-refractivity contribution >= 4 is 57.0 Å². The highest BCUT2D eigenvalue weighted by atomic mass is 32.2. The van der Waals surface area contributed by atoms with Gasteiger partial charge in [-0.2, -0.15) is 4.57 Å². The smallest absolute Gasteiger partial charge is 0.376 e. The number of carboxylic acids is 1. The number of para-hydroxylation sites is 1. The Kier molecular flexibility index (Phi) is 5.18. The fourth-order valence-corrected chi connectivity index (χ4v) is 6.28. The molecule has 5 rings (SSSR count).